The fourth-order valence-corrected chi connectivity index (χ4v) is 5.90. The summed E-state index contributed by atoms with van der Waals surface area (Å²) in [5.41, 5.74) is 5.56. The minimum absolute atomic E-state index is 0.0909. The standard InChI is InChI=1S/C39H40N2O5/c42-28-32-16-22-38-36(26-32)37-27-33(29-43)17-23-39(37)40(38)24-8-6-4-2-1-3-5-7-9-25-46-35-20-14-31(15-21-35)11-10-30-12-18-34(19-13-30)41(44)45/h10-23,26-29H,1-9,24-25H2/b11-10+. The van der Waals surface area contributed by atoms with Crippen molar-refractivity contribution in [2.75, 3.05) is 6.61 Å². The number of ether oxygens (including phenoxy) is 1. The summed E-state index contributed by atoms with van der Waals surface area (Å²) in [7, 11) is 0. The van der Waals surface area contributed by atoms with E-state index in [4.69, 9.17) is 4.74 Å². The van der Waals surface area contributed by atoms with Crippen molar-refractivity contribution in [3.05, 3.63) is 117 Å². The smallest absolute Gasteiger partial charge is 0.269 e. The maximum absolute atomic E-state index is 11.3. The van der Waals surface area contributed by atoms with Crippen LogP contribution in [-0.2, 0) is 6.54 Å². The number of carbonyl (C=O) groups excluding carboxylic acids is 2. The van der Waals surface area contributed by atoms with E-state index in [-0.39, 0.29) is 5.69 Å². The van der Waals surface area contributed by atoms with Crippen LogP contribution in [0.2, 0.25) is 0 Å². The van der Waals surface area contributed by atoms with Crippen LogP contribution in [0.1, 0.15) is 89.6 Å². The Bertz CT molecular complexity index is 1740. The third kappa shape index (κ3) is 8.57. The second kappa shape index (κ2) is 16.3. The number of aromatic nitrogens is 1. The maximum atomic E-state index is 11.3. The van der Waals surface area contributed by atoms with Gasteiger partial charge in [0.25, 0.3) is 5.69 Å². The van der Waals surface area contributed by atoms with Crippen molar-refractivity contribution < 1.29 is 19.2 Å². The lowest BCUT2D eigenvalue weighted by atomic mass is 10.1. The Kier molecular flexibility index (Phi) is 11.5. The van der Waals surface area contributed by atoms with Crippen LogP contribution in [0.25, 0.3) is 34.0 Å². The molecule has 236 valence electrons. The first-order valence-corrected chi connectivity index (χ1v) is 16.2. The number of nitro groups is 1. The van der Waals surface area contributed by atoms with Crippen LogP contribution >= 0.6 is 0 Å². The van der Waals surface area contributed by atoms with Gasteiger partial charge in [-0.15, -0.1) is 0 Å². The summed E-state index contributed by atoms with van der Waals surface area (Å²) < 4.78 is 8.24. The van der Waals surface area contributed by atoms with Gasteiger partial charge in [-0.2, -0.15) is 0 Å². The highest BCUT2D eigenvalue weighted by molar-refractivity contribution is 6.10. The number of hydrogen-bond donors (Lipinski definition) is 0. The summed E-state index contributed by atoms with van der Waals surface area (Å²) >= 11 is 0. The van der Waals surface area contributed by atoms with E-state index in [0.717, 1.165) is 70.6 Å². The molecular formula is C39H40N2O5. The SMILES string of the molecule is O=Cc1ccc2c(c1)c1cc(C=O)ccc1n2CCCCCCCCCCCOc1ccc(/C=C/c2ccc([N+](=O)[O-])cc2)cc1. The Hall–Kier alpha value is -5.04. The highest BCUT2D eigenvalue weighted by Gasteiger charge is 2.12. The van der Waals surface area contributed by atoms with E-state index in [2.05, 4.69) is 4.57 Å². The Morgan fingerprint density at radius 2 is 1.04 bits per heavy atom. The quantitative estimate of drug-likeness (QED) is 0.0321. The number of aryl methyl sites for hydroxylation is 1. The van der Waals surface area contributed by atoms with Crippen molar-refractivity contribution in [3.8, 4) is 5.75 Å². The summed E-state index contributed by atoms with van der Waals surface area (Å²) in [5.74, 6) is 0.866. The zero-order valence-corrected chi connectivity index (χ0v) is 26.1. The molecule has 0 aliphatic rings. The maximum Gasteiger partial charge on any atom is 0.269 e. The summed E-state index contributed by atoms with van der Waals surface area (Å²) in [6, 6.07) is 26.1. The summed E-state index contributed by atoms with van der Waals surface area (Å²) in [4.78, 5) is 33.1. The lowest BCUT2D eigenvalue weighted by molar-refractivity contribution is -0.384. The summed E-state index contributed by atoms with van der Waals surface area (Å²) in [6.45, 7) is 1.64. The average Bonchev–Trinajstić information content (AvgIpc) is 3.40. The highest BCUT2D eigenvalue weighted by atomic mass is 16.6. The van der Waals surface area contributed by atoms with Gasteiger partial charge in [-0.05, 0) is 84.6 Å². The molecule has 0 spiro atoms. The van der Waals surface area contributed by atoms with E-state index in [0.29, 0.717) is 17.7 Å². The number of nitrogens with zero attached hydrogens (tertiary/aromatic N) is 2. The van der Waals surface area contributed by atoms with Gasteiger partial charge >= 0.3 is 0 Å². The van der Waals surface area contributed by atoms with Crippen LogP contribution in [0.4, 0.5) is 5.69 Å². The Balaban J connectivity index is 0.938. The Morgan fingerprint density at radius 3 is 1.54 bits per heavy atom. The topological polar surface area (TPSA) is 91.4 Å². The lowest BCUT2D eigenvalue weighted by Crippen LogP contribution is -1.98. The number of hydrogen-bond acceptors (Lipinski definition) is 5. The summed E-state index contributed by atoms with van der Waals surface area (Å²) in [5, 5.41) is 12.8. The molecule has 0 saturated carbocycles. The fourth-order valence-electron chi connectivity index (χ4n) is 5.90. The van der Waals surface area contributed by atoms with Crippen molar-refractivity contribution in [1.82, 2.24) is 4.57 Å². The molecule has 5 rings (SSSR count). The Morgan fingerprint density at radius 1 is 0.587 bits per heavy atom. The molecule has 0 N–H and O–H groups in total. The molecule has 0 radical (unpaired) electrons. The molecular weight excluding hydrogens is 576 g/mol. The molecule has 0 aliphatic carbocycles. The third-order valence-corrected chi connectivity index (χ3v) is 8.43. The van der Waals surface area contributed by atoms with Gasteiger partial charge in [0.1, 0.15) is 18.3 Å². The number of rotatable bonds is 18. The molecule has 0 unspecified atom stereocenters. The molecule has 1 aromatic heterocycles. The van der Waals surface area contributed by atoms with Crippen molar-refractivity contribution >= 4 is 52.2 Å². The van der Waals surface area contributed by atoms with Crippen LogP contribution in [0.3, 0.4) is 0 Å². The first kappa shape index (κ1) is 32.4. The number of non-ortho nitro benzene ring substituents is 1. The van der Waals surface area contributed by atoms with E-state index >= 15 is 0 Å². The van der Waals surface area contributed by atoms with E-state index in [1.54, 1.807) is 12.1 Å². The molecule has 0 atom stereocenters. The molecule has 1 heterocycles. The first-order valence-electron chi connectivity index (χ1n) is 16.2. The number of aldehydes is 2. The van der Waals surface area contributed by atoms with Crippen molar-refractivity contribution in [3.63, 3.8) is 0 Å². The van der Waals surface area contributed by atoms with Crippen LogP contribution in [0.5, 0.6) is 5.75 Å². The number of fused-ring (bicyclic) bond motifs is 3. The molecule has 4 aromatic carbocycles. The number of unbranched alkanes of at least 4 members (excludes halogenated alkanes) is 8. The number of carbonyl (C=O) groups is 2. The molecule has 7 nitrogen and oxygen atoms in total. The zero-order valence-electron chi connectivity index (χ0n) is 26.1. The van der Waals surface area contributed by atoms with Gasteiger partial charge < -0.3 is 9.30 Å². The van der Waals surface area contributed by atoms with Gasteiger partial charge in [-0.25, -0.2) is 0 Å². The van der Waals surface area contributed by atoms with Crippen LogP contribution in [0, 0.1) is 10.1 Å². The highest BCUT2D eigenvalue weighted by Crippen LogP contribution is 2.31. The Labute approximate surface area is 269 Å². The average molecular weight is 617 g/mol. The molecule has 0 aliphatic heterocycles. The van der Waals surface area contributed by atoms with Crippen LogP contribution in [0.15, 0.2) is 84.9 Å². The zero-order chi connectivity index (χ0) is 32.1. The second-order valence-corrected chi connectivity index (χ2v) is 11.7. The van der Waals surface area contributed by atoms with Gasteiger partial charge in [-0.3, -0.25) is 19.7 Å². The predicted molar refractivity (Wildman–Crippen MR) is 186 cm³/mol. The molecule has 7 heteroatoms. The van der Waals surface area contributed by atoms with Gasteiger partial charge in [0.2, 0.25) is 0 Å². The summed E-state index contributed by atoms with van der Waals surface area (Å²) in [6.07, 6.45) is 16.4. The monoisotopic (exact) mass is 616 g/mol. The third-order valence-electron chi connectivity index (χ3n) is 8.43. The van der Waals surface area contributed by atoms with E-state index in [9.17, 15) is 19.7 Å². The lowest BCUT2D eigenvalue weighted by Gasteiger charge is -2.08. The minimum Gasteiger partial charge on any atom is -0.494 e. The molecule has 0 fully saturated rings. The molecule has 0 amide bonds. The fraction of sp³-hybridized carbons (Fsp3) is 0.282. The van der Waals surface area contributed by atoms with Crippen molar-refractivity contribution in [1.29, 1.82) is 0 Å². The molecule has 46 heavy (non-hydrogen) atoms. The van der Waals surface area contributed by atoms with Crippen LogP contribution < -0.4 is 4.74 Å². The normalized spacial score (nSPS) is 11.4. The van der Waals surface area contributed by atoms with Crippen LogP contribution in [-0.4, -0.2) is 28.7 Å². The van der Waals surface area contributed by atoms with Gasteiger partial charge in [0.05, 0.1) is 11.5 Å². The number of benzene rings is 4. The number of nitro benzene ring substituents is 1. The van der Waals surface area contributed by atoms with E-state index in [1.807, 2.05) is 72.8 Å². The largest absolute Gasteiger partial charge is 0.494 e. The van der Waals surface area contributed by atoms with Crippen molar-refractivity contribution in [2.24, 2.45) is 0 Å². The van der Waals surface area contributed by atoms with Gasteiger partial charge in [0, 0.05) is 51.6 Å². The molecule has 0 saturated heterocycles. The molecule has 0 bridgehead atoms. The van der Waals surface area contributed by atoms with Gasteiger partial charge in [0.15, 0.2) is 0 Å². The molecule has 5 aromatic rings. The van der Waals surface area contributed by atoms with Crippen molar-refractivity contribution in [2.45, 2.75) is 64.3 Å². The van der Waals surface area contributed by atoms with E-state index < -0.39 is 4.92 Å². The first-order chi connectivity index (χ1) is 22.6. The van der Waals surface area contributed by atoms with E-state index in [1.165, 1.54) is 57.1 Å². The minimum atomic E-state index is -0.395. The second-order valence-electron chi connectivity index (χ2n) is 11.7. The van der Waals surface area contributed by atoms with Gasteiger partial charge in [-0.1, -0.05) is 69.2 Å². The predicted octanol–water partition coefficient (Wildman–Crippen LogP) is 10.1.